The van der Waals surface area contributed by atoms with Crippen LogP contribution >= 0.6 is 0 Å². The molecule has 0 unspecified atom stereocenters. The highest BCUT2D eigenvalue weighted by atomic mass is 16.5. The molecule has 116 valence electrons. The molecule has 5 heteroatoms. The Bertz CT molecular complexity index is 711. The number of hydrogen-bond acceptors (Lipinski definition) is 5. The van der Waals surface area contributed by atoms with Crippen LogP contribution in [0.25, 0.3) is 11.1 Å². The molecule has 22 heavy (non-hydrogen) atoms. The van der Waals surface area contributed by atoms with Gasteiger partial charge >= 0.3 is 0 Å². The number of aromatic nitrogens is 1. The first kappa shape index (κ1) is 13.8. The zero-order valence-corrected chi connectivity index (χ0v) is 12.9. The molecule has 0 radical (unpaired) electrons. The number of rotatable bonds is 4. The van der Waals surface area contributed by atoms with Crippen LogP contribution in [0.3, 0.4) is 0 Å². The first-order valence-corrected chi connectivity index (χ1v) is 7.68. The van der Waals surface area contributed by atoms with Crippen molar-refractivity contribution in [3.8, 4) is 16.9 Å². The molecule has 0 saturated heterocycles. The molecule has 1 aromatic carbocycles. The van der Waals surface area contributed by atoms with E-state index in [4.69, 9.17) is 10.3 Å². The first-order chi connectivity index (χ1) is 10.4. The summed E-state index contributed by atoms with van der Waals surface area (Å²) < 4.78 is 5.23. The molecule has 1 aromatic heterocycles. The largest absolute Gasteiger partial charge is 0.508 e. The number of hydrogen-bond donors (Lipinski definition) is 3. The van der Waals surface area contributed by atoms with Gasteiger partial charge in [0.25, 0.3) is 0 Å². The van der Waals surface area contributed by atoms with Crippen LogP contribution in [0.5, 0.6) is 5.75 Å². The van der Waals surface area contributed by atoms with Crippen LogP contribution in [0.1, 0.15) is 36.3 Å². The van der Waals surface area contributed by atoms with Crippen molar-refractivity contribution in [3.63, 3.8) is 0 Å². The topological polar surface area (TPSA) is 84.3 Å². The highest BCUT2D eigenvalue weighted by molar-refractivity contribution is 5.69. The molecule has 0 atom stereocenters. The molecule has 3 saturated carbocycles. The maximum atomic E-state index is 10.0. The van der Waals surface area contributed by atoms with Gasteiger partial charge in [0.2, 0.25) is 0 Å². The van der Waals surface area contributed by atoms with Gasteiger partial charge in [-0.3, -0.25) is 0 Å². The Kier molecular flexibility index (Phi) is 2.72. The summed E-state index contributed by atoms with van der Waals surface area (Å²) in [6.07, 6.45) is 3.20. The van der Waals surface area contributed by atoms with Crippen LogP contribution in [0.2, 0.25) is 0 Å². The summed E-state index contributed by atoms with van der Waals surface area (Å²) in [5.74, 6) is 1.04. The van der Waals surface area contributed by atoms with E-state index in [1.165, 1.54) is 0 Å². The minimum Gasteiger partial charge on any atom is -0.508 e. The molecule has 0 spiro atoms. The van der Waals surface area contributed by atoms with E-state index in [2.05, 4.69) is 16.5 Å². The van der Waals surface area contributed by atoms with E-state index in [0.717, 1.165) is 54.0 Å². The van der Waals surface area contributed by atoms with Crippen LogP contribution in [-0.4, -0.2) is 21.3 Å². The lowest BCUT2D eigenvalue weighted by molar-refractivity contribution is -0.0797. The van der Waals surface area contributed by atoms with E-state index in [0.29, 0.717) is 0 Å². The second-order valence-electron chi connectivity index (χ2n) is 7.11. The molecular weight excluding hydrogens is 278 g/mol. The number of benzene rings is 1. The Morgan fingerprint density at radius 1 is 1.27 bits per heavy atom. The molecule has 0 amide bonds. The Morgan fingerprint density at radius 2 is 2.00 bits per heavy atom. The van der Waals surface area contributed by atoms with Crippen molar-refractivity contribution in [2.75, 3.05) is 0 Å². The smallest absolute Gasteiger partial charge is 0.141 e. The van der Waals surface area contributed by atoms with Gasteiger partial charge in [-0.2, -0.15) is 0 Å². The van der Waals surface area contributed by atoms with Gasteiger partial charge in [-0.15, -0.1) is 0 Å². The Balaban J connectivity index is 1.56. The molecular formula is C17H21N3O2. The Hall–Kier alpha value is -1.85. The fourth-order valence-electron chi connectivity index (χ4n) is 4.16. The third-order valence-electron chi connectivity index (χ3n) is 5.04. The summed E-state index contributed by atoms with van der Waals surface area (Å²) in [6, 6.07) is 5.65. The average molecular weight is 299 g/mol. The van der Waals surface area contributed by atoms with Gasteiger partial charge in [-0.05, 0) is 62.4 Å². The summed E-state index contributed by atoms with van der Waals surface area (Å²) in [4.78, 5) is 0. The quantitative estimate of drug-likeness (QED) is 0.807. The molecule has 3 aliphatic carbocycles. The third kappa shape index (κ3) is 2.04. The molecule has 1 heterocycles. The lowest BCUT2D eigenvalue weighted by atomic mass is 9.44. The van der Waals surface area contributed by atoms with Gasteiger partial charge in [0, 0.05) is 23.2 Å². The number of nitrogens with one attached hydrogen (secondary N) is 1. The minimum atomic E-state index is 0.105. The van der Waals surface area contributed by atoms with E-state index >= 15 is 0 Å². The highest BCUT2D eigenvalue weighted by Crippen LogP contribution is 2.58. The molecule has 3 aliphatic rings. The van der Waals surface area contributed by atoms with Gasteiger partial charge < -0.3 is 20.7 Å². The molecule has 3 fully saturated rings. The van der Waals surface area contributed by atoms with E-state index in [1.807, 2.05) is 13.8 Å². The number of phenolic OH excluding ortho intramolecular Hbond substituents is 1. The number of aromatic hydroxyl groups is 1. The normalized spacial score (nSPS) is 29.0. The Labute approximate surface area is 129 Å². The molecule has 5 rings (SSSR count). The number of aryl methyl sites for hydroxylation is 2. The third-order valence-corrected chi connectivity index (χ3v) is 5.04. The van der Waals surface area contributed by atoms with Gasteiger partial charge in [0.15, 0.2) is 0 Å². The van der Waals surface area contributed by atoms with E-state index in [1.54, 1.807) is 12.1 Å². The van der Waals surface area contributed by atoms with Gasteiger partial charge in [-0.25, -0.2) is 0 Å². The van der Waals surface area contributed by atoms with Crippen molar-refractivity contribution in [2.24, 2.45) is 5.73 Å². The van der Waals surface area contributed by atoms with Crippen molar-refractivity contribution in [3.05, 3.63) is 35.2 Å². The number of nitrogens with two attached hydrogens (primary N) is 1. The zero-order valence-electron chi connectivity index (χ0n) is 12.9. The molecule has 4 N–H and O–H groups in total. The average Bonchev–Trinajstić information content (AvgIpc) is 2.71. The van der Waals surface area contributed by atoms with Crippen LogP contribution in [0, 0.1) is 13.8 Å². The van der Waals surface area contributed by atoms with Crippen molar-refractivity contribution in [1.29, 1.82) is 0 Å². The molecule has 0 aliphatic heterocycles. The molecule has 5 nitrogen and oxygen atoms in total. The predicted molar refractivity (Wildman–Crippen MR) is 83.4 cm³/mol. The fourth-order valence-corrected chi connectivity index (χ4v) is 4.16. The van der Waals surface area contributed by atoms with Gasteiger partial charge in [0.05, 0.1) is 5.69 Å². The maximum Gasteiger partial charge on any atom is 0.141 e. The number of nitrogens with zero attached hydrogens (tertiary/aromatic N) is 1. The monoisotopic (exact) mass is 299 g/mol. The molecule has 2 aromatic rings. The summed E-state index contributed by atoms with van der Waals surface area (Å²) in [5.41, 5.74) is 10.2. The van der Waals surface area contributed by atoms with Gasteiger partial charge in [0.1, 0.15) is 11.5 Å². The Morgan fingerprint density at radius 3 is 2.59 bits per heavy atom. The van der Waals surface area contributed by atoms with Crippen LogP contribution in [-0.2, 0) is 6.54 Å². The maximum absolute atomic E-state index is 10.0. The lowest BCUT2D eigenvalue weighted by Gasteiger charge is -2.69. The predicted octanol–water partition coefficient (Wildman–Crippen LogP) is 2.39. The standard InChI is InChI=1S/C17H21N3O2/c1-10-15(11(2)22-20-10)13-3-12(4-14(21)5-13)6-19-17-7-16(18,8-17)9-17/h3-5,19,21H,6-9,18H2,1-2H3. The summed E-state index contributed by atoms with van der Waals surface area (Å²) in [6.45, 7) is 4.54. The minimum absolute atomic E-state index is 0.105. The first-order valence-electron chi connectivity index (χ1n) is 7.68. The lowest BCUT2D eigenvalue weighted by Crippen LogP contribution is -2.81. The number of phenols is 1. The second-order valence-corrected chi connectivity index (χ2v) is 7.11. The zero-order chi connectivity index (χ0) is 15.5. The SMILES string of the molecule is Cc1noc(C)c1-c1cc(O)cc(CNC23CC(N)(C2)C3)c1. The fraction of sp³-hybridized carbons (Fsp3) is 0.471. The van der Waals surface area contributed by atoms with Crippen molar-refractivity contribution < 1.29 is 9.63 Å². The second kappa shape index (κ2) is 4.33. The van der Waals surface area contributed by atoms with E-state index in [-0.39, 0.29) is 16.8 Å². The van der Waals surface area contributed by atoms with E-state index < -0.39 is 0 Å². The van der Waals surface area contributed by atoms with Gasteiger partial charge in [-0.1, -0.05) is 5.16 Å². The van der Waals surface area contributed by atoms with Crippen LogP contribution in [0.4, 0.5) is 0 Å². The van der Waals surface area contributed by atoms with Crippen molar-refractivity contribution in [1.82, 2.24) is 10.5 Å². The van der Waals surface area contributed by atoms with Crippen molar-refractivity contribution in [2.45, 2.75) is 50.7 Å². The highest BCUT2D eigenvalue weighted by Gasteiger charge is 2.65. The summed E-state index contributed by atoms with van der Waals surface area (Å²) in [5, 5.41) is 17.6. The van der Waals surface area contributed by atoms with Crippen LogP contribution < -0.4 is 11.1 Å². The molecule has 2 bridgehead atoms. The summed E-state index contributed by atoms with van der Waals surface area (Å²) in [7, 11) is 0. The summed E-state index contributed by atoms with van der Waals surface area (Å²) >= 11 is 0. The van der Waals surface area contributed by atoms with E-state index in [9.17, 15) is 5.11 Å². The van der Waals surface area contributed by atoms with Crippen molar-refractivity contribution >= 4 is 0 Å². The van der Waals surface area contributed by atoms with Crippen LogP contribution in [0.15, 0.2) is 22.7 Å².